The molecule has 3 rings (SSSR count). The van der Waals surface area contributed by atoms with Crippen LogP contribution in [0.3, 0.4) is 0 Å². The lowest BCUT2D eigenvalue weighted by Crippen LogP contribution is -1.86. The van der Waals surface area contributed by atoms with Crippen LogP contribution in [0.1, 0.15) is 0 Å². The smallest absolute Gasteiger partial charge is 0.0703 e. The molecular weight excluding hydrogens is 380 g/mol. The lowest BCUT2D eigenvalue weighted by Gasteiger charge is -2.05. The predicted molar refractivity (Wildman–Crippen MR) is 88.3 cm³/mol. The van der Waals surface area contributed by atoms with E-state index >= 15 is 0 Å². The minimum absolute atomic E-state index is 0.951. The fourth-order valence-electron chi connectivity index (χ4n) is 1.93. The molecule has 2 nitrogen and oxygen atoms in total. The third-order valence-electron chi connectivity index (χ3n) is 2.91. The van der Waals surface area contributed by atoms with E-state index in [2.05, 4.69) is 60.0 Å². The molecule has 0 saturated carbocycles. The molecule has 2 heterocycles. The average molecular weight is 390 g/mol. The largest absolute Gasteiger partial charge is 0.255 e. The van der Waals surface area contributed by atoms with Crippen LogP contribution in [0.2, 0.25) is 0 Å². The van der Waals surface area contributed by atoms with E-state index in [9.17, 15) is 0 Å². The van der Waals surface area contributed by atoms with Gasteiger partial charge in [-0.2, -0.15) is 0 Å². The van der Waals surface area contributed by atoms with Gasteiger partial charge in [0.2, 0.25) is 0 Å². The highest BCUT2D eigenvalue weighted by atomic mass is 79.9. The van der Waals surface area contributed by atoms with Gasteiger partial charge in [0.1, 0.15) is 0 Å². The van der Waals surface area contributed by atoms with Crippen LogP contribution in [0.15, 0.2) is 69.9 Å². The Morgan fingerprint density at radius 3 is 1.55 bits per heavy atom. The van der Waals surface area contributed by atoms with Crippen molar-refractivity contribution in [1.29, 1.82) is 0 Å². The fraction of sp³-hybridized carbons (Fsp3) is 0. The van der Waals surface area contributed by atoms with Crippen molar-refractivity contribution in [3.63, 3.8) is 0 Å². The standard InChI is InChI=1S/C16H10Br2N2/c17-13-4-6-15(19-9-13)11-2-1-3-12(8-11)16-7-5-14(18)10-20-16/h1-10H. The molecule has 3 aromatic rings. The summed E-state index contributed by atoms with van der Waals surface area (Å²) in [5.74, 6) is 0. The molecule has 0 saturated heterocycles. The predicted octanol–water partition coefficient (Wildman–Crippen LogP) is 5.34. The SMILES string of the molecule is Brc1ccc(-c2cccc(-c3ccc(Br)cn3)c2)nc1. The summed E-state index contributed by atoms with van der Waals surface area (Å²) in [6.07, 6.45) is 3.61. The number of hydrogen-bond acceptors (Lipinski definition) is 2. The van der Waals surface area contributed by atoms with Gasteiger partial charge in [-0.05, 0) is 62.2 Å². The Morgan fingerprint density at radius 2 is 1.15 bits per heavy atom. The van der Waals surface area contributed by atoms with Crippen LogP contribution in [0.5, 0.6) is 0 Å². The summed E-state index contributed by atoms with van der Waals surface area (Å²) in [7, 11) is 0. The zero-order valence-corrected chi connectivity index (χ0v) is 13.6. The van der Waals surface area contributed by atoms with Gasteiger partial charge in [-0.1, -0.05) is 18.2 Å². The summed E-state index contributed by atoms with van der Waals surface area (Å²) >= 11 is 6.80. The molecule has 0 unspecified atom stereocenters. The first-order chi connectivity index (χ1) is 9.72. The second-order valence-electron chi connectivity index (χ2n) is 4.30. The van der Waals surface area contributed by atoms with E-state index in [0.717, 1.165) is 31.5 Å². The van der Waals surface area contributed by atoms with Crippen molar-refractivity contribution in [3.05, 3.63) is 69.9 Å². The molecule has 4 heteroatoms. The number of benzene rings is 1. The van der Waals surface area contributed by atoms with E-state index in [1.54, 1.807) is 12.4 Å². The van der Waals surface area contributed by atoms with Crippen molar-refractivity contribution in [2.24, 2.45) is 0 Å². The molecule has 0 aliphatic heterocycles. The molecule has 98 valence electrons. The normalized spacial score (nSPS) is 10.5. The summed E-state index contributed by atoms with van der Waals surface area (Å²) < 4.78 is 1.96. The first-order valence-electron chi connectivity index (χ1n) is 6.06. The van der Waals surface area contributed by atoms with Gasteiger partial charge in [0.05, 0.1) is 11.4 Å². The van der Waals surface area contributed by atoms with Gasteiger partial charge in [0.25, 0.3) is 0 Å². The average Bonchev–Trinajstić information content (AvgIpc) is 2.49. The van der Waals surface area contributed by atoms with Crippen molar-refractivity contribution in [3.8, 4) is 22.5 Å². The van der Waals surface area contributed by atoms with Crippen LogP contribution in [-0.4, -0.2) is 9.97 Å². The third-order valence-corrected chi connectivity index (χ3v) is 3.85. The molecule has 0 spiro atoms. The minimum Gasteiger partial charge on any atom is -0.255 e. The summed E-state index contributed by atoms with van der Waals surface area (Å²) in [5.41, 5.74) is 4.07. The summed E-state index contributed by atoms with van der Waals surface area (Å²) in [6, 6.07) is 16.2. The van der Waals surface area contributed by atoms with E-state index in [0.29, 0.717) is 0 Å². The number of pyridine rings is 2. The maximum absolute atomic E-state index is 4.42. The molecule has 0 amide bonds. The van der Waals surface area contributed by atoms with E-state index in [1.807, 2.05) is 30.3 Å². The zero-order chi connectivity index (χ0) is 13.9. The van der Waals surface area contributed by atoms with Gasteiger partial charge in [-0.15, -0.1) is 0 Å². The third kappa shape index (κ3) is 2.97. The van der Waals surface area contributed by atoms with Crippen LogP contribution >= 0.6 is 31.9 Å². The van der Waals surface area contributed by atoms with Gasteiger partial charge in [0, 0.05) is 32.5 Å². The molecule has 0 aliphatic carbocycles. The molecule has 1 aromatic carbocycles. The van der Waals surface area contributed by atoms with E-state index in [-0.39, 0.29) is 0 Å². The number of hydrogen-bond donors (Lipinski definition) is 0. The molecule has 0 bridgehead atoms. The Balaban J connectivity index is 2.01. The van der Waals surface area contributed by atoms with Crippen LogP contribution in [0.4, 0.5) is 0 Å². The topological polar surface area (TPSA) is 25.8 Å². The van der Waals surface area contributed by atoms with Gasteiger partial charge < -0.3 is 0 Å². The van der Waals surface area contributed by atoms with Crippen LogP contribution < -0.4 is 0 Å². The molecule has 20 heavy (non-hydrogen) atoms. The van der Waals surface area contributed by atoms with Crippen LogP contribution in [0.25, 0.3) is 22.5 Å². The van der Waals surface area contributed by atoms with E-state index < -0.39 is 0 Å². The molecular formula is C16H10Br2N2. The van der Waals surface area contributed by atoms with Crippen molar-refractivity contribution < 1.29 is 0 Å². The first-order valence-corrected chi connectivity index (χ1v) is 7.65. The van der Waals surface area contributed by atoms with Crippen LogP contribution in [-0.2, 0) is 0 Å². The Labute approximate surface area is 134 Å². The van der Waals surface area contributed by atoms with Crippen LogP contribution in [0, 0.1) is 0 Å². The first kappa shape index (κ1) is 13.5. The molecule has 0 fully saturated rings. The van der Waals surface area contributed by atoms with Crippen molar-refractivity contribution >= 4 is 31.9 Å². The number of rotatable bonds is 2. The van der Waals surface area contributed by atoms with Gasteiger partial charge in [-0.3, -0.25) is 9.97 Å². The Morgan fingerprint density at radius 1 is 0.650 bits per heavy atom. The maximum Gasteiger partial charge on any atom is 0.0703 e. The van der Waals surface area contributed by atoms with Gasteiger partial charge in [-0.25, -0.2) is 0 Å². The zero-order valence-electron chi connectivity index (χ0n) is 10.4. The Hall–Kier alpha value is -1.52. The molecule has 2 aromatic heterocycles. The molecule has 0 atom stereocenters. The summed E-state index contributed by atoms with van der Waals surface area (Å²) in [5, 5.41) is 0. The molecule has 0 aliphatic rings. The highest BCUT2D eigenvalue weighted by Crippen LogP contribution is 2.25. The van der Waals surface area contributed by atoms with Gasteiger partial charge >= 0.3 is 0 Å². The van der Waals surface area contributed by atoms with Crippen molar-refractivity contribution in [1.82, 2.24) is 9.97 Å². The fourth-order valence-corrected chi connectivity index (χ4v) is 2.40. The lowest BCUT2D eigenvalue weighted by atomic mass is 10.1. The highest BCUT2D eigenvalue weighted by Gasteiger charge is 2.03. The number of halogens is 2. The quantitative estimate of drug-likeness (QED) is 0.591. The number of aromatic nitrogens is 2. The Bertz CT molecular complexity index is 661. The second-order valence-corrected chi connectivity index (χ2v) is 6.14. The van der Waals surface area contributed by atoms with E-state index in [4.69, 9.17) is 0 Å². The van der Waals surface area contributed by atoms with Crippen molar-refractivity contribution in [2.45, 2.75) is 0 Å². The summed E-state index contributed by atoms with van der Waals surface area (Å²) in [6.45, 7) is 0. The van der Waals surface area contributed by atoms with Crippen molar-refractivity contribution in [2.75, 3.05) is 0 Å². The monoisotopic (exact) mass is 388 g/mol. The molecule has 0 N–H and O–H groups in total. The van der Waals surface area contributed by atoms with E-state index in [1.165, 1.54) is 0 Å². The molecule has 0 radical (unpaired) electrons. The second kappa shape index (κ2) is 5.85. The summed E-state index contributed by atoms with van der Waals surface area (Å²) in [4.78, 5) is 8.85. The highest BCUT2D eigenvalue weighted by molar-refractivity contribution is 9.10. The lowest BCUT2D eigenvalue weighted by molar-refractivity contribution is 1.29. The number of nitrogens with zero attached hydrogens (tertiary/aromatic N) is 2. The Kier molecular flexibility index (Phi) is 3.94. The minimum atomic E-state index is 0.951. The maximum atomic E-state index is 4.42. The van der Waals surface area contributed by atoms with Gasteiger partial charge in [0.15, 0.2) is 0 Å².